The number of fused-ring (bicyclic) bond motifs is 1. The molecule has 0 bridgehead atoms. The van der Waals surface area contributed by atoms with Crippen molar-refractivity contribution < 1.29 is 22.4 Å². The van der Waals surface area contributed by atoms with Gasteiger partial charge in [-0.05, 0) is 25.3 Å². The van der Waals surface area contributed by atoms with Gasteiger partial charge in [0.25, 0.3) is 0 Å². The second-order valence-electron chi connectivity index (χ2n) is 7.03. The van der Waals surface area contributed by atoms with Gasteiger partial charge in [0.05, 0.1) is 35.7 Å². The van der Waals surface area contributed by atoms with Gasteiger partial charge in [-0.25, -0.2) is 14.4 Å². The molecule has 0 atom stereocenters. The quantitative estimate of drug-likeness (QED) is 0.181. The number of allylic oxidation sites excluding steroid dienone is 3. The molecule has 1 amide bonds. The fourth-order valence-corrected chi connectivity index (χ4v) is 2.97. The molecule has 0 saturated carbocycles. The standard InChI is InChI=1S/C21H25F4N7O/c22-15-10-29-20-30-11-18(32(20)12-15)19(27)16(9-26)17(31-13-21(23,24)25)7-5-3-1-2-4-6-8-28-14-33/h5,7,9-12,14,27H,1-4,6,8,13,26H2,(H,28,33)/b7-5+,16-9?,27-19?,31-17?. The Morgan fingerprint density at radius 1 is 1.21 bits per heavy atom. The average molecular weight is 467 g/mol. The zero-order valence-electron chi connectivity index (χ0n) is 17.8. The highest BCUT2D eigenvalue weighted by molar-refractivity contribution is 6.31. The molecule has 8 nitrogen and oxygen atoms in total. The van der Waals surface area contributed by atoms with Gasteiger partial charge in [-0.1, -0.05) is 18.9 Å². The van der Waals surface area contributed by atoms with Crippen LogP contribution in [0.3, 0.4) is 0 Å². The van der Waals surface area contributed by atoms with Crippen molar-refractivity contribution in [3.05, 3.63) is 54.0 Å². The van der Waals surface area contributed by atoms with Gasteiger partial charge in [0.1, 0.15) is 6.54 Å². The Bertz CT molecular complexity index is 1040. The summed E-state index contributed by atoms with van der Waals surface area (Å²) in [6.07, 6.45) is 7.48. The van der Waals surface area contributed by atoms with E-state index in [-0.39, 0.29) is 28.5 Å². The lowest BCUT2D eigenvalue weighted by Crippen LogP contribution is -2.19. The minimum Gasteiger partial charge on any atom is -0.404 e. The first kappa shape index (κ1) is 25.7. The molecule has 2 aromatic heterocycles. The molecule has 178 valence electrons. The van der Waals surface area contributed by atoms with Crippen LogP contribution in [0.4, 0.5) is 17.6 Å². The number of aliphatic imine (C=N–C) groups is 1. The van der Waals surface area contributed by atoms with Gasteiger partial charge < -0.3 is 11.1 Å². The Labute approximate surface area is 187 Å². The molecule has 2 aromatic rings. The highest BCUT2D eigenvalue weighted by atomic mass is 19.4. The van der Waals surface area contributed by atoms with Crippen LogP contribution in [0.15, 0.2) is 47.5 Å². The Kier molecular flexibility index (Phi) is 9.70. The SMILES string of the molecule is N=C(C(=CN)C(/C=C/CCCCCCNC=O)=NCC(F)(F)F)c1cnc2ncc(F)cn12. The van der Waals surface area contributed by atoms with Crippen molar-refractivity contribution in [3.8, 4) is 0 Å². The van der Waals surface area contributed by atoms with Crippen LogP contribution in [-0.4, -0.2) is 51.5 Å². The number of nitrogens with zero attached hydrogens (tertiary/aromatic N) is 4. The number of unbranched alkanes of at least 4 members (excludes halogenated alkanes) is 4. The van der Waals surface area contributed by atoms with Gasteiger partial charge >= 0.3 is 6.18 Å². The fraction of sp³-hybridized carbons (Fsp3) is 0.381. The summed E-state index contributed by atoms with van der Waals surface area (Å²) in [5.41, 5.74) is 5.31. The minimum absolute atomic E-state index is 0.0542. The van der Waals surface area contributed by atoms with E-state index in [1.54, 1.807) is 6.08 Å². The number of halogens is 4. The molecule has 0 radical (unpaired) electrons. The van der Waals surface area contributed by atoms with E-state index >= 15 is 0 Å². The molecular weight excluding hydrogens is 442 g/mol. The van der Waals surface area contributed by atoms with Crippen LogP contribution in [-0.2, 0) is 4.79 Å². The monoisotopic (exact) mass is 467 g/mol. The summed E-state index contributed by atoms with van der Waals surface area (Å²) in [6, 6.07) is 0. The van der Waals surface area contributed by atoms with Crippen molar-refractivity contribution in [2.75, 3.05) is 13.1 Å². The highest BCUT2D eigenvalue weighted by Crippen LogP contribution is 2.18. The summed E-state index contributed by atoms with van der Waals surface area (Å²) in [5, 5.41) is 11.0. The molecule has 0 aliphatic rings. The van der Waals surface area contributed by atoms with E-state index in [9.17, 15) is 22.4 Å². The molecule has 12 heteroatoms. The van der Waals surface area contributed by atoms with E-state index in [4.69, 9.17) is 11.1 Å². The van der Waals surface area contributed by atoms with Crippen LogP contribution in [0.25, 0.3) is 5.78 Å². The summed E-state index contributed by atoms with van der Waals surface area (Å²) in [6.45, 7) is -0.840. The lowest BCUT2D eigenvalue weighted by molar-refractivity contribution is -0.118. The summed E-state index contributed by atoms with van der Waals surface area (Å²) in [7, 11) is 0. The van der Waals surface area contributed by atoms with Crippen molar-refractivity contribution in [1.29, 1.82) is 5.41 Å². The van der Waals surface area contributed by atoms with Crippen molar-refractivity contribution in [3.63, 3.8) is 0 Å². The number of carbonyl (C=O) groups excluding carboxylic acids is 1. The van der Waals surface area contributed by atoms with Crippen LogP contribution < -0.4 is 11.1 Å². The van der Waals surface area contributed by atoms with E-state index in [1.807, 2.05) is 0 Å². The first-order chi connectivity index (χ1) is 15.8. The van der Waals surface area contributed by atoms with E-state index in [1.165, 1.54) is 16.7 Å². The zero-order valence-corrected chi connectivity index (χ0v) is 17.8. The maximum absolute atomic E-state index is 13.6. The van der Waals surface area contributed by atoms with Crippen LogP contribution in [0.2, 0.25) is 0 Å². The van der Waals surface area contributed by atoms with Gasteiger partial charge in [0.15, 0.2) is 5.82 Å². The third-order valence-electron chi connectivity index (χ3n) is 4.53. The molecule has 0 saturated heterocycles. The van der Waals surface area contributed by atoms with Crippen molar-refractivity contribution in [2.24, 2.45) is 10.7 Å². The molecule has 0 aliphatic heterocycles. The molecule has 0 fully saturated rings. The normalized spacial score (nSPS) is 13.1. The smallest absolute Gasteiger partial charge is 0.404 e. The fourth-order valence-electron chi connectivity index (χ4n) is 2.97. The molecule has 0 aliphatic carbocycles. The number of amides is 1. The maximum Gasteiger partial charge on any atom is 0.407 e. The van der Waals surface area contributed by atoms with Crippen LogP contribution in [0.1, 0.15) is 37.8 Å². The number of hydrogen-bond acceptors (Lipinski definition) is 6. The topological polar surface area (TPSA) is 122 Å². The third kappa shape index (κ3) is 8.13. The number of nitrogens with one attached hydrogen (secondary N) is 2. The van der Waals surface area contributed by atoms with Gasteiger partial charge in [-0.15, -0.1) is 0 Å². The van der Waals surface area contributed by atoms with Gasteiger partial charge in [0, 0.05) is 18.3 Å². The Morgan fingerprint density at radius 3 is 2.64 bits per heavy atom. The van der Waals surface area contributed by atoms with Crippen molar-refractivity contribution in [2.45, 2.75) is 38.3 Å². The molecule has 33 heavy (non-hydrogen) atoms. The number of aromatic nitrogens is 3. The van der Waals surface area contributed by atoms with Crippen molar-refractivity contribution in [1.82, 2.24) is 19.7 Å². The number of imidazole rings is 1. The van der Waals surface area contributed by atoms with Gasteiger partial charge in [0.2, 0.25) is 12.2 Å². The maximum atomic E-state index is 13.6. The summed E-state index contributed by atoms with van der Waals surface area (Å²) in [5.74, 6) is -0.541. The Balaban J connectivity index is 2.16. The lowest BCUT2D eigenvalue weighted by atomic mass is 10.0. The van der Waals surface area contributed by atoms with E-state index in [2.05, 4.69) is 20.3 Å². The highest BCUT2D eigenvalue weighted by Gasteiger charge is 2.27. The summed E-state index contributed by atoms with van der Waals surface area (Å²) >= 11 is 0. The summed E-state index contributed by atoms with van der Waals surface area (Å²) < 4.78 is 53.2. The molecular formula is C21H25F4N7O. The first-order valence-corrected chi connectivity index (χ1v) is 10.2. The second kappa shape index (κ2) is 12.5. The summed E-state index contributed by atoms with van der Waals surface area (Å²) in [4.78, 5) is 21.6. The van der Waals surface area contributed by atoms with Crippen LogP contribution in [0.5, 0.6) is 0 Å². The van der Waals surface area contributed by atoms with Crippen molar-refractivity contribution >= 4 is 23.6 Å². The predicted molar refractivity (Wildman–Crippen MR) is 117 cm³/mol. The lowest BCUT2D eigenvalue weighted by Gasteiger charge is -2.11. The van der Waals surface area contributed by atoms with E-state index < -0.39 is 18.5 Å². The first-order valence-electron chi connectivity index (χ1n) is 10.2. The minimum atomic E-state index is -4.53. The zero-order chi connectivity index (χ0) is 24.3. The molecule has 0 spiro atoms. The Morgan fingerprint density at radius 2 is 1.94 bits per heavy atom. The largest absolute Gasteiger partial charge is 0.407 e. The Hall–Kier alpha value is -3.57. The number of alkyl halides is 3. The van der Waals surface area contributed by atoms with Gasteiger partial charge in [-0.3, -0.25) is 19.6 Å². The van der Waals surface area contributed by atoms with Crippen LogP contribution >= 0.6 is 0 Å². The molecule has 2 rings (SSSR count). The van der Waals surface area contributed by atoms with E-state index in [0.717, 1.165) is 44.3 Å². The number of carbonyl (C=O) groups is 1. The average Bonchev–Trinajstić information content (AvgIpc) is 3.18. The molecule has 4 N–H and O–H groups in total. The van der Waals surface area contributed by atoms with Gasteiger partial charge in [-0.2, -0.15) is 13.2 Å². The third-order valence-corrected chi connectivity index (χ3v) is 4.53. The molecule has 2 heterocycles. The number of rotatable bonds is 13. The second-order valence-corrected chi connectivity index (χ2v) is 7.03. The van der Waals surface area contributed by atoms with E-state index in [0.29, 0.717) is 19.4 Å². The number of nitrogens with two attached hydrogens (primary N) is 1. The predicted octanol–water partition coefficient (Wildman–Crippen LogP) is 3.33. The number of hydrogen-bond donors (Lipinski definition) is 3. The molecule has 0 unspecified atom stereocenters. The van der Waals surface area contributed by atoms with Crippen LogP contribution in [0, 0.1) is 11.2 Å². The molecule has 0 aromatic carbocycles.